The number of nitrogens with zero attached hydrogens (tertiary/aromatic N) is 4. The number of aryl methyl sites for hydroxylation is 1. The molecular weight excluding hydrogens is 346 g/mol. The number of ether oxygens (including phenoxy) is 1. The Kier molecular flexibility index (Phi) is 3.51. The van der Waals surface area contributed by atoms with E-state index in [-0.39, 0.29) is 5.91 Å². The first kappa shape index (κ1) is 15.7. The number of fused-ring (bicyclic) bond motifs is 2. The summed E-state index contributed by atoms with van der Waals surface area (Å²) in [6.45, 7) is 3.06. The first-order valence-electron chi connectivity index (χ1n) is 8.44. The van der Waals surface area contributed by atoms with E-state index in [4.69, 9.17) is 9.26 Å². The molecule has 0 atom stereocenters. The van der Waals surface area contributed by atoms with Crippen LogP contribution in [0.5, 0.6) is 0 Å². The minimum atomic E-state index is -0.241. The zero-order chi connectivity index (χ0) is 18.4. The normalized spacial score (nSPS) is 13.1. The molecule has 0 radical (unpaired) electrons. The average Bonchev–Trinajstić information content (AvgIpc) is 3.41. The lowest BCUT2D eigenvalue weighted by molar-refractivity contribution is 0.102. The van der Waals surface area contributed by atoms with Gasteiger partial charge in [-0.3, -0.25) is 9.20 Å². The third-order valence-corrected chi connectivity index (χ3v) is 4.68. The van der Waals surface area contributed by atoms with Gasteiger partial charge in [0.1, 0.15) is 11.3 Å². The minimum absolute atomic E-state index is 0.241. The van der Waals surface area contributed by atoms with E-state index in [2.05, 4.69) is 20.4 Å². The summed E-state index contributed by atoms with van der Waals surface area (Å²) in [7, 11) is 0. The van der Waals surface area contributed by atoms with Crippen molar-refractivity contribution in [3.63, 3.8) is 0 Å². The molecule has 0 bridgehead atoms. The van der Waals surface area contributed by atoms with Crippen molar-refractivity contribution in [2.24, 2.45) is 0 Å². The molecule has 3 aromatic heterocycles. The number of hydrogen-bond donors (Lipinski definition) is 1. The van der Waals surface area contributed by atoms with Crippen LogP contribution >= 0.6 is 0 Å². The molecule has 0 spiro atoms. The molecule has 1 aliphatic rings. The summed E-state index contributed by atoms with van der Waals surface area (Å²) in [6.07, 6.45) is 4.77. The van der Waals surface area contributed by atoms with Crippen molar-refractivity contribution in [2.45, 2.75) is 20.1 Å². The standard InChI is InChI=1S/C19H15N5O3/c1-11-2-3-12(18-21-10-27-23-18)4-15(11)22-19(25)16-6-20-17-5-13-8-26-9-14(13)7-24(16)17/h2-7,10H,8-9H2,1H3,(H,22,25). The van der Waals surface area contributed by atoms with Gasteiger partial charge in [-0.15, -0.1) is 0 Å². The Bertz CT molecular complexity index is 1160. The number of carbonyl (C=O) groups is 1. The van der Waals surface area contributed by atoms with Gasteiger partial charge in [0.15, 0.2) is 0 Å². The Morgan fingerprint density at radius 2 is 2.07 bits per heavy atom. The Labute approximate surface area is 153 Å². The number of rotatable bonds is 3. The van der Waals surface area contributed by atoms with Gasteiger partial charge >= 0.3 is 0 Å². The maximum Gasteiger partial charge on any atom is 0.274 e. The molecule has 0 aliphatic carbocycles. The summed E-state index contributed by atoms with van der Waals surface area (Å²) in [5.41, 5.74) is 5.75. The van der Waals surface area contributed by atoms with E-state index in [0.717, 1.165) is 27.9 Å². The number of hydrogen-bond acceptors (Lipinski definition) is 6. The monoisotopic (exact) mass is 361 g/mol. The van der Waals surface area contributed by atoms with Crippen molar-refractivity contribution in [3.05, 3.63) is 65.4 Å². The van der Waals surface area contributed by atoms with Crippen molar-refractivity contribution < 1.29 is 14.1 Å². The first-order chi connectivity index (χ1) is 13.2. The van der Waals surface area contributed by atoms with E-state index in [1.807, 2.05) is 37.4 Å². The van der Waals surface area contributed by atoms with Gasteiger partial charge in [-0.2, -0.15) is 4.98 Å². The van der Waals surface area contributed by atoms with Crippen LogP contribution in [-0.2, 0) is 18.0 Å². The van der Waals surface area contributed by atoms with Gasteiger partial charge in [0, 0.05) is 23.0 Å². The number of nitrogens with one attached hydrogen (secondary N) is 1. The summed E-state index contributed by atoms with van der Waals surface area (Å²) in [5, 5.41) is 6.79. The molecule has 8 nitrogen and oxygen atoms in total. The van der Waals surface area contributed by atoms with E-state index < -0.39 is 0 Å². The molecule has 0 fully saturated rings. The predicted molar refractivity (Wildman–Crippen MR) is 96.1 cm³/mol. The zero-order valence-corrected chi connectivity index (χ0v) is 14.5. The van der Waals surface area contributed by atoms with E-state index in [1.54, 1.807) is 10.6 Å². The van der Waals surface area contributed by atoms with Gasteiger partial charge in [-0.25, -0.2) is 4.98 Å². The van der Waals surface area contributed by atoms with E-state index in [0.29, 0.717) is 30.4 Å². The second-order valence-electron chi connectivity index (χ2n) is 6.43. The summed E-state index contributed by atoms with van der Waals surface area (Å²) >= 11 is 0. The average molecular weight is 361 g/mol. The molecule has 134 valence electrons. The molecular formula is C19H15N5O3. The van der Waals surface area contributed by atoms with Crippen LogP contribution in [0.3, 0.4) is 0 Å². The number of pyridine rings is 1. The molecule has 1 aromatic carbocycles. The zero-order valence-electron chi connectivity index (χ0n) is 14.5. The number of benzene rings is 1. The lowest BCUT2D eigenvalue weighted by Gasteiger charge is -2.10. The summed E-state index contributed by atoms with van der Waals surface area (Å²) < 4.78 is 12.0. The quantitative estimate of drug-likeness (QED) is 0.603. The van der Waals surface area contributed by atoms with Gasteiger partial charge in [-0.05, 0) is 30.2 Å². The van der Waals surface area contributed by atoms with Crippen LogP contribution in [-0.4, -0.2) is 25.4 Å². The third-order valence-electron chi connectivity index (χ3n) is 4.68. The second kappa shape index (κ2) is 6.03. The Morgan fingerprint density at radius 1 is 1.19 bits per heavy atom. The third kappa shape index (κ3) is 2.67. The van der Waals surface area contributed by atoms with Gasteiger partial charge in [-0.1, -0.05) is 17.3 Å². The molecule has 0 unspecified atom stereocenters. The Balaban J connectivity index is 1.49. The fraction of sp³-hybridized carbons (Fsp3) is 0.158. The van der Waals surface area contributed by atoms with Crippen molar-refractivity contribution in [2.75, 3.05) is 5.32 Å². The van der Waals surface area contributed by atoms with Gasteiger partial charge < -0.3 is 14.6 Å². The van der Waals surface area contributed by atoms with E-state index in [9.17, 15) is 4.79 Å². The molecule has 1 N–H and O–H groups in total. The van der Waals surface area contributed by atoms with Crippen LogP contribution in [0.2, 0.25) is 0 Å². The van der Waals surface area contributed by atoms with Crippen LogP contribution in [0.1, 0.15) is 27.2 Å². The largest absolute Gasteiger partial charge is 0.372 e. The molecule has 8 heteroatoms. The molecule has 1 amide bonds. The minimum Gasteiger partial charge on any atom is -0.372 e. The second-order valence-corrected chi connectivity index (χ2v) is 6.43. The first-order valence-corrected chi connectivity index (χ1v) is 8.44. The van der Waals surface area contributed by atoms with Crippen LogP contribution in [0.25, 0.3) is 17.0 Å². The van der Waals surface area contributed by atoms with Crippen LogP contribution in [0.4, 0.5) is 5.69 Å². The van der Waals surface area contributed by atoms with Crippen molar-refractivity contribution in [1.82, 2.24) is 19.5 Å². The van der Waals surface area contributed by atoms with Gasteiger partial charge in [0.25, 0.3) is 5.91 Å². The summed E-state index contributed by atoms with van der Waals surface area (Å²) in [6, 6.07) is 7.57. The molecule has 0 saturated heterocycles. The smallest absolute Gasteiger partial charge is 0.274 e. The summed E-state index contributed by atoms with van der Waals surface area (Å²) in [5.74, 6) is 0.227. The van der Waals surface area contributed by atoms with Crippen LogP contribution in [0.15, 0.2) is 47.6 Å². The fourth-order valence-electron chi connectivity index (χ4n) is 3.19. The Hall–Kier alpha value is -3.52. The van der Waals surface area contributed by atoms with Gasteiger partial charge in [0.2, 0.25) is 12.2 Å². The highest BCUT2D eigenvalue weighted by molar-refractivity contribution is 6.04. The lowest BCUT2D eigenvalue weighted by Crippen LogP contribution is -2.15. The number of imidazole rings is 1. The van der Waals surface area contributed by atoms with Crippen LogP contribution in [0, 0.1) is 6.92 Å². The number of anilines is 1. The van der Waals surface area contributed by atoms with E-state index in [1.165, 1.54) is 6.39 Å². The van der Waals surface area contributed by atoms with Crippen molar-refractivity contribution in [1.29, 1.82) is 0 Å². The number of aromatic nitrogens is 4. The highest BCUT2D eigenvalue weighted by Crippen LogP contribution is 2.25. The molecule has 4 heterocycles. The SMILES string of the molecule is Cc1ccc(-c2ncon2)cc1NC(=O)c1cnc2cc3c(cn12)COC3. The maximum absolute atomic E-state index is 12.9. The molecule has 1 aliphatic heterocycles. The molecule has 27 heavy (non-hydrogen) atoms. The van der Waals surface area contributed by atoms with Gasteiger partial charge in [0.05, 0.1) is 19.4 Å². The Morgan fingerprint density at radius 3 is 2.93 bits per heavy atom. The molecule has 0 saturated carbocycles. The molecule has 4 aromatic rings. The van der Waals surface area contributed by atoms with Crippen molar-refractivity contribution in [3.8, 4) is 11.4 Å². The highest BCUT2D eigenvalue weighted by Gasteiger charge is 2.18. The van der Waals surface area contributed by atoms with Crippen molar-refractivity contribution >= 4 is 17.2 Å². The summed E-state index contributed by atoms with van der Waals surface area (Å²) in [4.78, 5) is 21.3. The maximum atomic E-state index is 12.9. The fourth-order valence-corrected chi connectivity index (χ4v) is 3.19. The lowest BCUT2D eigenvalue weighted by atomic mass is 10.1. The highest BCUT2D eigenvalue weighted by atomic mass is 16.5. The number of carbonyl (C=O) groups excluding carboxylic acids is 1. The molecule has 5 rings (SSSR count). The predicted octanol–water partition coefficient (Wildman–Crippen LogP) is 2.98. The van der Waals surface area contributed by atoms with E-state index >= 15 is 0 Å². The topological polar surface area (TPSA) is 94.6 Å². The van der Waals surface area contributed by atoms with Crippen LogP contribution < -0.4 is 5.32 Å². The number of amides is 1.